The number of carbonyl (C=O) groups excluding carboxylic acids is 2. The number of amides is 1. The average Bonchev–Trinajstić information content (AvgIpc) is 2.58. The largest absolute Gasteiger partial charge is 0.483 e. The highest BCUT2D eigenvalue weighted by atomic mass is 35.5. The van der Waals surface area contributed by atoms with Gasteiger partial charge < -0.3 is 14.8 Å². The van der Waals surface area contributed by atoms with Gasteiger partial charge >= 0.3 is 5.97 Å². The van der Waals surface area contributed by atoms with Crippen molar-refractivity contribution in [3.63, 3.8) is 0 Å². The fraction of sp³-hybridized carbons (Fsp3) is 0.263. The lowest BCUT2D eigenvalue weighted by molar-refractivity contribution is -0.123. The topological polar surface area (TPSA) is 64.6 Å². The van der Waals surface area contributed by atoms with Crippen LogP contribution in [0.1, 0.15) is 27.0 Å². The molecule has 0 aliphatic rings. The smallest absolute Gasteiger partial charge is 0.337 e. The van der Waals surface area contributed by atoms with Crippen LogP contribution in [0.2, 0.25) is 5.02 Å². The van der Waals surface area contributed by atoms with Crippen LogP contribution in [0.15, 0.2) is 36.4 Å². The van der Waals surface area contributed by atoms with Crippen LogP contribution < -0.4 is 10.1 Å². The SMILES string of the molecule is COC(=O)c1ccc(CNC(=O)COc2c(C)cc(Cl)cc2C)cc1. The van der Waals surface area contributed by atoms with E-state index < -0.39 is 5.97 Å². The summed E-state index contributed by atoms with van der Waals surface area (Å²) in [5.74, 6) is 0.0467. The van der Waals surface area contributed by atoms with Crippen LogP contribution in [0.5, 0.6) is 5.75 Å². The first-order valence-corrected chi connectivity index (χ1v) is 8.12. The molecule has 25 heavy (non-hydrogen) atoms. The Balaban J connectivity index is 1.86. The molecule has 0 fully saturated rings. The average molecular weight is 362 g/mol. The standard InChI is InChI=1S/C19H20ClNO4/c1-12-8-16(20)9-13(2)18(12)25-11-17(22)21-10-14-4-6-15(7-5-14)19(23)24-3/h4-9H,10-11H2,1-3H3,(H,21,22). The van der Waals surface area contributed by atoms with E-state index in [-0.39, 0.29) is 12.5 Å². The summed E-state index contributed by atoms with van der Waals surface area (Å²) in [6, 6.07) is 10.4. The molecule has 1 amide bonds. The van der Waals surface area contributed by atoms with Crippen molar-refractivity contribution in [3.05, 3.63) is 63.7 Å². The van der Waals surface area contributed by atoms with Gasteiger partial charge in [0.25, 0.3) is 5.91 Å². The van der Waals surface area contributed by atoms with Gasteiger partial charge in [-0.1, -0.05) is 23.7 Å². The van der Waals surface area contributed by atoms with Gasteiger partial charge in [0.15, 0.2) is 6.61 Å². The Morgan fingerprint density at radius 3 is 2.24 bits per heavy atom. The molecule has 2 aromatic rings. The van der Waals surface area contributed by atoms with Crippen molar-refractivity contribution in [1.82, 2.24) is 5.32 Å². The number of ether oxygens (including phenoxy) is 2. The number of hydrogen-bond acceptors (Lipinski definition) is 4. The zero-order valence-corrected chi connectivity index (χ0v) is 15.1. The summed E-state index contributed by atoms with van der Waals surface area (Å²) >= 11 is 5.98. The summed E-state index contributed by atoms with van der Waals surface area (Å²) < 4.78 is 10.2. The van der Waals surface area contributed by atoms with Crippen molar-refractivity contribution in [2.75, 3.05) is 13.7 Å². The number of carbonyl (C=O) groups is 2. The molecule has 0 radical (unpaired) electrons. The highest BCUT2D eigenvalue weighted by molar-refractivity contribution is 6.30. The number of methoxy groups -OCH3 is 1. The molecule has 0 saturated heterocycles. The maximum Gasteiger partial charge on any atom is 0.337 e. The molecule has 0 bridgehead atoms. The van der Waals surface area contributed by atoms with E-state index >= 15 is 0 Å². The van der Waals surface area contributed by atoms with Gasteiger partial charge in [0, 0.05) is 11.6 Å². The van der Waals surface area contributed by atoms with E-state index in [1.54, 1.807) is 36.4 Å². The summed E-state index contributed by atoms with van der Waals surface area (Å²) in [6.07, 6.45) is 0. The molecule has 0 aliphatic carbocycles. The predicted octanol–water partition coefficient (Wildman–Crippen LogP) is 3.44. The van der Waals surface area contributed by atoms with Crippen molar-refractivity contribution in [2.24, 2.45) is 0 Å². The first-order chi connectivity index (χ1) is 11.9. The van der Waals surface area contributed by atoms with Crippen LogP contribution in [0.4, 0.5) is 0 Å². The number of esters is 1. The molecule has 0 unspecified atom stereocenters. The van der Waals surface area contributed by atoms with E-state index in [1.807, 2.05) is 13.8 Å². The van der Waals surface area contributed by atoms with Crippen LogP contribution in [0.3, 0.4) is 0 Å². The van der Waals surface area contributed by atoms with Crippen LogP contribution in [-0.2, 0) is 16.1 Å². The summed E-state index contributed by atoms with van der Waals surface area (Å²) in [7, 11) is 1.33. The van der Waals surface area contributed by atoms with Crippen molar-refractivity contribution < 1.29 is 19.1 Å². The van der Waals surface area contributed by atoms with E-state index in [2.05, 4.69) is 10.1 Å². The lowest BCUT2D eigenvalue weighted by Crippen LogP contribution is -2.28. The third-order valence-electron chi connectivity index (χ3n) is 3.64. The molecule has 0 aromatic heterocycles. The first kappa shape index (κ1) is 18.8. The summed E-state index contributed by atoms with van der Waals surface area (Å²) in [6.45, 7) is 4.04. The second-order valence-electron chi connectivity index (χ2n) is 5.62. The van der Waals surface area contributed by atoms with Crippen LogP contribution >= 0.6 is 11.6 Å². The minimum Gasteiger partial charge on any atom is -0.483 e. The van der Waals surface area contributed by atoms with Crippen molar-refractivity contribution >= 4 is 23.5 Å². The molecule has 0 aliphatic heterocycles. The first-order valence-electron chi connectivity index (χ1n) is 7.74. The lowest BCUT2D eigenvalue weighted by Gasteiger charge is -2.12. The Morgan fingerprint density at radius 1 is 1.08 bits per heavy atom. The minimum absolute atomic E-state index is 0.0798. The highest BCUT2D eigenvalue weighted by Gasteiger charge is 2.09. The van der Waals surface area contributed by atoms with Gasteiger partial charge in [0.1, 0.15) is 5.75 Å². The molecule has 0 heterocycles. The number of rotatable bonds is 6. The van der Waals surface area contributed by atoms with Gasteiger partial charge in [0.2, 0.25) is 0 Å². The molecule has 5 nitrogen and oxygen atoms in total. The Labute approximate surface area is 151 Å². The van der Waals surface area contributed by atoms with E-state index in [0.717, 1.165) is 16.7 Å². The van der Waals surface area contributed by atoms with Crippen molar-refractivity contribution in [2.45, 2.75) is 20.4 Å². The summed E-state index contributed by atoms with van der Waals surface area (Å²) in [5, 5.41) is 3.42. The van der Waals surface area contributed by atoms with Gasteiger partial charge in [-0.2, -0.15) is 0 Å². The fourth-order valence-corrected chi connectivity index (χ4v) is 2.72. The molecular weight excluding hydrogens is 342 g/mol. The van der Waals surface area contributed by atoms with Crippen LogP contribution in [-0.4, -0.2) is 25.6 Å². The molecular formula is C19H20ClNO4. The Kier molecular flexibility index (Phi) is 6.42. The highest BCUT2D eigenvalue weighted by Crippen LogP contribution is 2.26. The van der Waals surface area contributed by atoms with Gasteiger partial charge in [-0.05, 0) is 54.8 Å². The van der Waals surface area contributed by atoms with Gasteiger partial charge in [-0.15, -0.1) is 0 Å². The number of benzene rings is 2. The second-order valence-corrected chi connectivity index (χ2v) is 6.06. The van der Waals surface area contributed by atoms with Crippen LogP contribution in [0, 0.1) is 13.8 Å². The second kappa shape index (κ2) is 8.53. The van der Waals surface area contributed by atoms with Gasteiger partial charge in [-0.3, -0.25) is 4.79 Å². The van der Waals surface area contributed by atoms with E-state index in [4.69, 9.17) is 16.3 Å². The maximum absolute atomic E-state index is 12.0. The minimum atomic E-state index is -0.391. The molecule has 0 saturated carbocycles. The van der Waals surface area contributed by atoms with E-state index in [9.17, 15) is 9.59 Å². The summed E-state index contributed by atoms with van der Waals surface area (Å²) in [5.41, 5.74) is 3.11. The predicted molar refractivity (Wildman–Crippen MR) is 96.0 cm³/mol. The zero-order chi connectivity index (χ0) is 18.4. The Morgan fingerprint density at radius 2 is 1.68 bits per heavy atom. The Hall–Kier alpha value is -2.53. The fourth-order valence-electron chi connectivity index (χ4n) is 2.39. The van der Waals surface area contributed by atoms with Gasteiger partial charge in [-0.25, -0.2) is 4.79 Å². The van der Waals surface area contributed by atoms with E-state index in [0.29, 0.717) is 22.9 Å². The third kappa shape index (κ3) is 5.22. The Bertz CT molecular complexity index is 748. The molecule has 6 heteroatoms. The van der Waals surface area contributed by atoms with Crippen molar-refractivity contribution in [3.8, 4) is 5.75 Å². The monoisotopic (exact) mass is 361 g/mol. The summed E-state index contributed by atoms with van der Waals surface area (Å²) in [4.78, 5) is 23.3. The molecule has 1 N–H and O–H groups in total. The number of hydrogen-bond donors (Lipinski definition) is 1. The van der Waals surface area contributed by atoms with Crippen molar-refractivity contribution in [1.29, 1.82) is 0 Å². The van der Waals surface area contributed by atoms with E-state index in [1.165, 1.54) is 7.11 Å². The third-order valence-corrected chi connectivity index (χ3v) is 3.86. The van der Waals surface area contributed by atoms with Gasteiger partial charge in [0.05, 0.1) is 12.7 Å². The molecule has 0 atom stereocenters. The molecule has 2 rings (SSSR count). The number of nitrogens with one attached hydrogen (secondary N) is 1. The van der Waals surface area contributed by atoms with Crippen LogP contribution in [0.25, 0.3) is 0 Å². The number of halogens is 1. The normalized spacial score (nSPS) is 10.2. The zero-order valence-electron chi connectivity index (χ0n) is 14.4. The maximum atomic E-state index is 12.0. The lowest BCUT2D eigenvalue weighted by atomic mass is 10.1. The number of aryl methyl sites for hydroxylation is 2. The molecule has 2 aromatic carbocycles. The quantitative estimate of drug-likeness (QED) is 0.800. The molecule has 0 spiro atoms. The molecule has 132 valence electrons.